The first-order valence-corrected chi connectivity index (χ1v) is 11.8. The predicted octanol–water partition coefficient (Wildman–Crippen LogP) is 5.44. The Morgan fingerprint density at radius 1 is 0.690 bits per heavy atom. The molecule has 0 spiro atoms. The van der Waals surface area contributed by atoms with Crippen molar-refractivity contribution in [1.82, 2.24) is 0 Å². The van der Waals surface area contributed by atoms with Gasteiger partial charge in [0.05, 0.1) is 0 Å². The lowest BCUT2D eigenvalue weighted by atomic mass is 10.2. The molecule has 0 N–H and O–H groups in total. The highest BCUT2D eigenvalue weighted by molar-refractivity contribution is 7.97. The summed E-state index contributed by atoms with van der Waals surface area (Å²) in [7, 11) is -3.45. The van der Waals surface area contributed by atoms with Crippen molar-refractivity contribution in [2.75, 3.05) is 36.0 Å². The van der Waals surface area contributed by atoms with Gasteiger partial charge in [0, 0.05) is 48.4 Å². The molecule has 0 atom stereocenters. The molecular weight excluding hydrogens is 380 g/mol. The van der Waals surface area contributed by atoms with Gasteiger partial charge in [-0.2, -0.15) is 0 Å². The summed E-state index contributed by atoms with van der Waals surface area (Å²) < 4.78 is 24.9. The van der Waals surface area contributed by atoms with Gasteiger partial charge in [-0.3, -0.25) is 0 Å². The molecule has 0 aromatic heterocycles. The highest BCUT2D eigenvalue weighted by Gasteiger charge is 2.05. The Hall–Kier alpha value is -2.53. The Balaban J connectivity index is 2.16. The molecule has 156 valence electrons. The number of benzene rings is 2. The van der Waals surface area contributed by atoms with E-state index in [-0.39, 0.29) is 0 Å². The molecule has 0 aliphatic rings. The van der Waals surface area contributed by atoms with Crippen LogP contribution < -0.4 is 9.80 Å². The minimum atomic E-state index is -3.45. The SMILES string of the molecule is CCN(CC)c1cccc(C=CS(=O)(=O)C=Cc2cccc(N(CC)CC)c2)c1. The smallest absolute Gasteiger partial charge is 0.193 e. The van der Waals surface area contributed by atoms with Crippen LogP contribution in [0.25, 0.3) is 12.2 Å². The van der Waals surface area contributed by atoms with Crippen LogP contribution in [-0.2, 0) is 9.84 Å². The normalized spacial score (nSPS) is 12.0. The van der Waals surface area contributed by atoms with E-state index in [9.17, 15) is 8.42 Å². The van der Waals surface area contributed by atoms with Crippen LogP contribution in [0.4, 0.5) is 11.4 Å². The molecule has 29 heavy (non-hydrogen) atoms. The molecule has 0 aliphatic heterocycles. The summed E-state index contributed by atoms with van der Waals surface area (Å²) >= 11 is 0. The first kappa shape index (κ1) is 22.8. The van der Waals surface area contributed by atoms with Gasteiger partial charge >= 0.3 is 0 Å². The van der Waals surface area contributed by atoms with Gasteiger partial charge in [-0.25, -0.2) is 8.42 Å². The van der Waals surface area contributed by atoms with E-state index in [4.69, 9.17) is 0 Å². The number of hydrogen-bond acceptors (Lipinski definition) is 4. The van der Waals surface area contributed by atoms with E-state index in [2.05, 4.69) is 37.5 Å². The van der Waals surface area contributed by atoms with Crippen LogP contribution in [-0.4, -0.2) is 34.6 Å². The van der Waals surface area contributed by atoms with Crippen molar-refractivity contribution in [1.29, 1.82) is 0 Å². The highest BCUT2D eigenvalue weighted by atomic mass is 32.2. The number of hydrogen-bond donors (Lipinski definition) is 0. The van der Waals surface area contributed by atoms with E-state index in [0.717, 1.165) is 48.7 Å². The van der Waals surface area contributed by atoms with Crippen LogP contribution in [0.2, 0.25) is 0 Å². The van der Waals surface area contributed by atoms with E-state index in [0.29, 0.717) is 0 Å². The summed E-state index contributed by atoms with van der Waals surface area (Å²) in [6.07, 6.45) is 3.30. The minimum absolute atomic E-state index is 0.870. The van der Waals surface area contributed by atoms with Gasteiger partial charge in [-0.15, -0.1) is 0 Å². The van der Waals surface area contributed by atoms with E-state index >= 15 is 0 Å². The Labute approximate surface area is 176 Å². The number of nitrogens with zero attached hydrogens (tertiary/aromatic N) is 2. The third kappa shape index (κ3) is 6.79. The molecular formula is C24H32N2O2S. The molecule has 2 aromatic rings. The minimum Gasteiger partial charge on any atom is -0.372 e. The molecule has 0 saturated heterocycles. The zero-order valence-corrected chi connectivity index (χ0v) is 18.7. The Bertz CT molecular complexity index is 869. The second-order valence-corrected chi connectivity index (χ2v) is 8.45. The summed E-state index contributed by atoms with van der Waals surface area (Å²) in [5.74, 6) is 0. The van der Waals surface area contributed by atoms with Crippen LogP contribution in [0, 0.1) is 0 Å². The Morgan fingerprint density at radius 3 is 1.41 bits per heavy atom. The van der Waals surface area contributed by atoms with Gasteiger partial charge < -0.3 is 9.80 Å². The quantitative estimate of drug-likeness (QED) is 0.521. The molecule has 0 aliphatic carbocycles. The molecule has 0 unspecified atom stereocenters. The lowest BCUT2D eigenvalue weighted by molar-refractivity contribution is 0.613. The van der Waals surface area contributed by atoms with Crippen molar-refractivity contribution in [2.24, 2.45) is 0 Å². The van der Waals surface area contributed by atoms with Crippen molar-refractivity contribution in [3.63, 3.8) is 0 Å². The van der Waals surface area contributed by atoms with E-state index < -0.39 is 9.84 Å². The van der Waals surface area contributed by atoms with Crippen molar-refractivity contribution in [3.05, 3.63) is 70.5 Å². The van der Waals surface area contributed by atoms with Gasteiger partial charge in [-0.05, 0) is 75.2 Å². The fraction of sp³-hybridized carbons (Fsp3) is 0.333. The predicted molar refractivity (Wildman–Crippen MR) is 127 cm³/mol. The second-order valence-electron chi connectivity index (χ2n) is 6.73. The third-order valence-electron chi connectivity index (χ3n) is 4.90. The first-order valence-electron chi connectivity index (χ1n) is 10.2. The highest BCUT2D eigenvalue weighted by Crippen LogP contribution is 2.19. The zero-order chi connectivity index (χ0) is 21.3. The molecule has 4 nitrogen and oxygen atoms in total. The molecule has 0 heterocycles. The van der Waals surface area contributed by atoms with Gasteiger partial charge in [0.2, 0.25) is 0 Å². The van der Waals surface area contributed by atoms with Crippen molar-refractivity contribution in [2.45, 2.75) is 27.7 Å². The Kier molecular flexibility index (Phi) is 8.52. The van der Waals surface area contributed by atoms with Gasteiger partial charge in [-0.1, -0.05) is 24.3 Å². The van der Waals surface area contributed by atoms with E-state index in [1.165, 1.54) is 10.8 Å². The summed E-state index contributed by atoms with van der Waals surface area (Å²) in [4.78, 5) is 4.46. The zero-order valence-electron chi connectivity index (χ0n) is 17.9. The van der Waals surface area contributed by atoms with Crippen LogP contribution in [0.15, 0.2) is 59.3 Å². The fourth-order valence-corrected chi connectivity index (χ4v) is 4.00. The molecule has 2 aromatic carbocycles. The number of rotatable bonds is 10. The average Bonchev–Trinajstić information content (AvgIpc) is 2.74. The number of anilines is 2. The van der Waals surface area contributed by atoms with Gasteiger partial charge in [0.15, 0.2) is 9.84 Å². The lowest BCUT2D eigenvalue weighted by Gasteiger charge is -2.21. The van der Waals surface area contributed by atoms with Crippen LogP contribution in [0.3, 0.4) is 0 Å². The Morgan fingerprint density at radius 2 is 1.07 bits per heavy atom. The van der Waals surface area contributed by atoms with Crippen LogP contribution >= 0.6 is 0 Å². The topological polar surface area (TPSA) is 40.6 Å². The standard InChI is InChI=1S/C24H32N2O2S/c1-5-25(6-2)23-13-9-11-21(19-23)15-17-29(27,28)18-16-22-12-10-14-24(20-22)26(7-3)8-4/h9-20H,5-8H2,1-4H3. The first-order chi connectivity index (χ1) is 13.9. The van der Waals surface area contributed by atoms with Crippen molar-refractivity contribution >= 4 is 33.4 Å². The lowest BCUT2D eigenvalue weighted by Crippen LogP contribution is -2.21. The summed E-state index contributed by atoms with van der Waals surface area (Å²) in [6, 6.07) is 15.8. The van der Waals surface area contributed by atoms with E-state index in [1.54, 1.807) is 12.2 Å². The molecule has 5 heteroatoms. The molecule has 0 saturated carbocycles. The van der Waals surface area contributed by atoms with E-state index in [1.807, 2.05) is 48.5 Å². The van der Waals surface area contributed by atoms with Crippen LogP contribution in [0.1, 0.15) is 38.8 Å². The van der Waals surface area contributed by atoms with Gasteiger partial charge in [0.1, 0.15) is 0 Å². The number of sulfone groups is 1. The summed E-state index contributed by atoms with van der Waals surface area (Å²) in [6.45, 7) is 12.1. The molecule has 0 bridgehead atoms. The third-order valence-corrected chi connectivity index (χ3v) is 5.93. The molecule has 0 amide bonds. The van der Waals surface area contributed by atoms with Crippen LogP contribution in [0.5, 0.6) is 0 Å². The van der Waals surface area contributed by atoms with Crippen molar-refractivity contribution in [3.8, 4) is 0 Å². The maximum absolute atomic E-state index is 12.4. The molecule has 0 fully saturated rings. The fourth-order valence-electron chi connectivity index (χ4n) is 3.22. The molecule has 2 rings (SSSR count). The average molecular weight is 413 g/mol. The maximum Gasteiger partial charge on any atom is 0.193 e. The second kappa shape index (κ2) is 10.9. The largest absolute Gasteiger partial charge is 0.372 e. The monoisotopic (exact) mass is 412 g/mol. The van der Waals surface area contributed by atoms with Crippen molar-refractivity contribution < 1.29 is 8.42 Å². The van der Waals surface area contributed by atoms with Gasteiger partial charge in [0.25, 0.3) is 0 Å². The molecule has 0 radical (unpaired) electrons. The summed E-state index contributed by atoms with van der Waals surface area (Å²) in [5.41, 5.74) is 3.93. The summed E-state index contributed by atoms with van der Waals surface area (Å²) in [5, 5.41) is 2.53. The maximum atomic E-state index is 12.4.